The van der Waals surface area contributed by atoms with Gasteiger partial charge >= 0.3 is 0 Å². The Morgan fingerprint density at radius 3 is 2.23 bits per heavy atom. The van der Waals surface area contributed by atoms with Crippen LogP contribution in [-0.2, 0) is 16.0 Å². The summed E-state index contributed by atoms with van der Waals surface area (Å²) in [7, 11) is 0. The lowest BCUT2D eigenvalue weighted by atomic mass is 9.92. The molecule has 1 saturated heterocycles. The van der Waals surface area contributed by atoms with Crippen LogP contribution >= 0.6 is 0 Å². The highest BCUT2D eigenvalue weighted by Gasteiger charge is 2.47. The molecule has 1 amide bonds. The fourth-order valence-electron chi connectivity index (χ4n) is 3.94. The van der Waals surface area contributed by atoms with E-state index in [-0.39, 0.29) is 11.3 Å². The Labute approximate surface area is 180 Å². The quantitative estimate of drug-likeness (QED) is 0.356. The maximum absolute atomic E-state index is 13.5. The van der Waals surface area contributed by atoms with Gasteiger partial charge in [0, 0.05) is 11.3 Å². The van der Waals surface area contributed by atoms with Crippen LogP contribution in [0.5, 0.6) is 0 Å². The zero-order valence-corrected chi connectivity index (χ0v) is 17.3. The molecule has 4 nitrogen and oxygen atoms in total. The number of amides is 1. The minimum absolute atomic E-state index is 0.0212. The van der Waals surface area contributed by atoms with Crippen LogP contribution in [0.1, 0.15) is 35.2 Å². The number of aryl methyl sites for hydroxylation is 2. The number of aliphatic hydroxyl groups is 1. The van der Waals surface area contributed by atoms with Crippen molar-refractivity contribution in [2.75, 3.05) is 4.90 Å². The first-order valence-corrected chi connectivity index (χ1v) is 10.1. The third-order valence-electron chi connectivity index (χ3n) is 5.67. The number of aliphatic hydroxyl groups excluding tert-OH is 1. The molecule has 1 aliphatic rings. The second kappa shape index (κ2) is 8.19. The van der Waals surface area contributed by atoms with Gasteiger partial charge in [0.25, 0.3) is 11.7 Å². The summed E-state index contributed by atoms with van der Waals surface area (Å²) in [5, 5.41) is 11.1. The Morgan fingerprint density at radius 1 is 0.968 bits per heavy atom. The zero-order valence-electron chi connectivity index (χ0n) is 17.3. The highest BCUT2D eigenvalue weighted by atomic mass is 19.1. The lowest BCUT2D eigenvalue weighted by molar-refractivity contribution is -0.132. The van der Waals surface area contributed by atoms with Gasteiger partial charge in [-0.1, -0.05) is 55.5 Å². The second-order valence-corrected chi connectivity index (χ2v) is 7.55. The lowest BCUT2D eigenvalue weighted by Gasteiger charge is -2.26. The van der Waals surface area contributed by atoms with Crippen molar-refractivity contribution in [2.24, 2.45) is 0 Å². The summed E-state index contributed by atoms with van der Waals surface area (Å²) >= 11 is 0. The molecule has 31 heavy (non-hydrogen) atoms. The number of nitrogens with zero attached hydrogens (tertiary/aromatic N) is 1. The number of halogens is 1. The van der Waals surface area contributed by atoms with Gasteiger partial charge in [0.05, 0.1) is 11.6 Å². The number of anilines is 1. The van der Waals surface area contributed by atoms with E-state index in [0.717, 1.165) is 23.1 Å². The molecule has 156 valence electrons. The van der Waals surface area contributed by atoms with Crippen LogP contribution < -0.4 is 4.90 Å². The monoisotopic (exact) mass is 415 g/mol. The minimum Gasteiger partial charge on any atom is -0.507 e. The van der Waals surface area contributed by atoms with Gasteiger partial charge in [-0.2, -0.15) is 0 Å². The van der Waals surface area contributed by atoms with E-state index in [1.807, 2.05) is 50.2 Å². The third-order valence-corrected chi connectivity index (χ3v) is 5.67. The molecule has 0 aliphatic carbocycles. The first-order chi connectivity index (χ1) is 14.9. The number of ketones is 1. The molecule has 0 spiro atoms. The third kappa shape index (κ3) is 3.63. The molecule has 1 unspecified atom stereocenters. The smallest absolute Gasteiger partial charge is 0.300 e. The Hall–Kier alpha value is -3.73. The molecule has 1 N–H and O–H groups in total. The van der Waals surface area contributed by atoms with Crippen molar-refractivity contribution in [3.8, 4) is 0 Å². The van der Waals surface area contributed by atoms with Crippen LogP contribution in [0, 0.1) is 12.7 Å². The number of carbonyl (C=O) groups excluding carboxylic acids is 2. The molecule has 5 heteroatoms. The first kappa shape index (κ1) is 20.5. The van der Waals surface area contributed by atoms with Crippen molar-refractivity contribution >= 4 is 23.1 Å². The van der Waals surface area contributed by atoms with Crippen molar-refractivity contribution in [3.05, 3.63) is 106 Å². The van der Waals surface area contributed by atoms with Gasteiger partial charge in [0.1, 0.15) is 11.6 Å². The van der Waals surface area contributed by atoms with Gasteiger partial charge < -0.3 is 5.11 Å². The van der Waals surface area contributed by atoms with E-state index in [9.17, 15) is 19.1 Å². The van der Waals surface area contributed by atoms with Crippen LogP contribution in [0.25, 0.3) is 5.76 Å². The van der Waals surface area contributed by atoms with Gasteiger partial charge in [-0.05, 0) is 54.3 Å². The zero-order chi connectivity index (χ0) is 22.1. The summed E-state index contributed by atoms with van der Waals surface area (Å²) in [5.74, 6) is -2.19. The minimum atomic E-state index is -0.822. The Morgan fingerprint density at radius 2 is 1.61 bits per heavy atom. The van der Waals surface area contributed by atoms with Gasteiger partial charge in [-0.15, -0.1) is 0 Å². The molecule has 1 fully saturated rings. The molecule has 3 aromatic carbocycles. The first-order valence-electron chi connectivity index (χ1n) is 10.1. The fourth-order valence-corrected chi connectivity index (χ4v) is 3.94. The van der Waals surface area contributed by atoms with E-state index in [0.29, 0.717) is 11.3 Å². The molecule has 1 aliphatic heterocycles. The maximum Gasteiger partial charge on any atom is 0.300 e. The molecule has 3 aromatic rings. The molecule has 0 radical (unpaired) electrons. The van der Waals surface area contributed by atoms with E-state index in [2.05, 4.69) is 0 Å². The summed E-state index contributed by atoms with van der Waals surface area (Å²) in [4.78, 5) is 27.5. The Balaban J connectivity index is 1.94. The maximum atomic E-state index is 13.5. The summed E-state index contributed by atoms with van der Waals surface area (Å²) in [6.45, 7) is 3.91. The van der Waals surface area contributed by atoms with Crippen LogP contribution in [0.4, 0.5) is 10.1 Å². The van der Waals surface area contributed by atoms with E-state index in [1.54, 1.807) is 12.1 Å². The van der Waals surface area contributed by atoms with E-state index in [4.69, 9.17) is 0 Å². The van der Waals surface area contributed by atoms with Gasteiger partial charge in [-0.3, -0.25) is 14.5 Å². The number of Topliss-reactive ketones (excluding diaryl/α,β-unsaturated/α-hetero) is 1. The number of hydrogen-bond donors (Lipinski definition) is 1. The molecule has 4 rings (SSSR count). The molecular weight excluding hydrogens is 393 g/mol. The number of benzene rings is 3. The van der Waals surface area contributed by atoms with Crippen LogP contribution in [0.2, 0.25) is 0 Å². The number of rotatable bonds is 4. The highest BCUT2D eigenvalue weighted by molar-refractivity contribution is 6.51. The summed E-state index contributed by atoms with van der Waals surface area (Å²) in [6, 6.07) is 19.2. The van der Waals surface area contributed by atoms with E-state index >= 15 is 0 Å². The van der Waals surface area contributed by atoms with Gasteiger partial charge in [0.15, 0.2) is 0 Å². The van der Waals surface area contributed by atoms with Crippen molar-refractivity contribution < 1.29 is 19.1 Å². The van der Waals surface area contributed by atoms with Gasteiger partial charge in [-0.25, -0.2) is 4.39 Å². The fraction of sp³-hybridized carbons (Fsp3) is 0.154. The molecule has 1 heterocycles. The highest BCUT2D eigenvalue weighted by Crippen LogP contribution is 2.43. The predicted octanol–water partition coefficient (Wildman–Crippen LogP) is 5.32. The van der Waals surface area contributed by atoms with Crippen molar-refractivity contribution in [3.63, 3.8) is 0 Å². The van der Waals surface area contributed by atoms with Crippen LogP contribution in [0.3, 0.4) is 0 Å². The number of hydrogen-bond acceptors (Lipinski definition) is 3. The molecular formula is C26H22FNO3. The van der Waals surface area contributed by atoms with E-state index < -0.39 is 23.5 Å². The van der Waals surface area contributed by atoms with Crippen molar-refractivity contribution in [1.82, 2.24) is 0 Å². The lowest BCUT2D eigenvalue weighted by Crippen LogP contribution is -2.29. The van der Waals surface area contributed by atoms with E-state index in [1.165, 1.54) is 29.2 Å². The predicted molar refractivity (Wildman–Crippen MR) is 118 cm³/mol. The average Bonchev–Trinajstić information content (AvgIpc) is 3.05. The Kier molecular flexibility index (Phi) is 5.42. The molecule has 1 atom stereocenters. The molecule has 0 aromatic heterocycles. The largest absolute Gasteiger partial charge is 0.507 e. The summed E-state index contributed by atoms with van der Waals surface area (Å²) < 4.78 is 13.5. The Bertz CT molecular complexity index is 1180. The van der Waals surface area contributed by atoms with Crippen LogP contribution in [-0.4, -0.2) is 16.8 Å². The topological polar surface area (TPSA) is 57.6 Å². The number of carbonyl (C=O) groups is 2. The van der Waals surface area contributed by atoms with Gasteiger partial charge in [0.2, 0.25) is 0 Å². The normalized spacial score (nSPS) is 17.9. The standard InChI is InChI=1S/C26H22FNO3/c1-3-17-8-10-18(11-9-17)24(29)22-23(21-7-5-4-6-16(21)2)28(26(31)25(22)30)20-14-12-19(27)13-15-20/h4-15,23,29H,3H2,1-2H3/b24-22-. The summed E-state index contributed by atoms with van der Waals surface area (Å²) in [6.07, 6.45) is 0.846. The molecule has 0 saturated carbocycles. The van der Waals surface area contributed by atoms with Crippen molar-refractivity contribution in [1.29, 1.82) is 0 Å². The SMILES string of the molecule is CCc1ccc(/C(O)=C2/C(=O)C(=O)N(c3ccc(F)cc3)C2c2ccccc2C)cc1. The van der Waals surface area contributed by atoms with Crippen molar-refractivity contribution in [2.45, 2.75) is 26.3 Å². The average molecular weight is 415 g/mol. The van der Waals surface area contributed by atoms with Crippen LogP contribution in [0.15, 0.2) is 78.4 Å². The molecule has 0 bridgehead atoms. The summed E-state index contributed by atoms with van der Waals surface area (Å²) in [5.41, 5.74) is 3.56. The second-order valence-electron chi connectivity index (χ2n) is 7.55.